The van der Waals surface area contributed by atoms with Gasteiger partial charge >= 0.3 is 0 Å². The summed E-state index contributed by atoms with van der Waals surface area (Å²) in [5.74, 6) is 0.260. The standard InChI is InChI=1S/C14H14FNO2/c1-3-18-13-8-9-16(14(17)10(13)2)12-6-4-11(15)5-7-12/h4-9H,3H2,1-2H3. The van der Waals surface area contributed by atoms with E-state index in [1.807, 2.05) is 6.92 Å². The SMILES string of the molecule is CCOc1ccn(-c2ccc(F)cc2)c(=O)c1C. The molecule has 0 atom stereocenters. The van der Waals surface area contributed by atoms with Crippen molar-refractivity contribution in [2.75, 3.05) is 6.61 Å². The van der Waals surface area contributed by atoms with Crippen LogP contribution in [0.1, 0.15) is 12.5 Å². The third-order valence-corrected chi connectivity index (χ3v) is 2.69. The van der Waals surface area contributed by atoms with E-state index in [9.17, 15) is 9.18 Å². The number of hydrogen-bond acceptors (Lipinski definition) is 2. The number of pyridine rings is 1. The lowest BCUT2D eigenvalue weighted by molar-refractivity contribution is 0.336. The Morgan fingerprint density at radius 3 is 2.50 bits per heavy atom. The van der Waals surface area contributed by atoms with Crippen molar-refractivity contribution in [3.8, 4) is 11.4 Å². The van der Waals surface area contributed by atoms with Crippen LogP contribution < -0.4 is 10.3 Å². The molecule has 0 bridgehead atoms. The molecule has 0 saturated carbocycles. The smallest absolute Gasteiger partial charge is 0.261 e. The quantitative estimate of drug-likeness (QED) is 0.835. The van der Waals surface area contributed by atoms with Crippen molar-refractivity contribution in [2.45, 2.75) is 13.8 Å². The molecular weight excluding hydrogens is 233 g/mol. The second kappa shape index (κ2) is 5.04. The highest BCUT2D eigenvalue weighted by atomic mass is 19.1. The van der Waals surface area contributed by atoms with Crippen LogP contribution in [0.15, 0.2) is 41.3 Å². The van der Waals surface area contributed by atoms with Crippen LogP contribution >= 0.6 is 0 Å². The molecule has 0 N–H and O–H groups in total. The van der Waals surface area contributed by atoms with E-state index < -0.39 is 0 Å². The molecule has 0 spiro atoms. The summed E-state index contributed by atoms with van der Waals surface area (Å²) in [7, 11) is 0. The van der Waals surface area contributed by atoms with Gasteiger partial charge in [0.1, 0.15) is 11.6 Å². The Balaban J connectivity index is 2.50. The Labute approximate surface area is 104 Å². The molecule has 1 aromatic carbocycles. The lowest BCUT2D eigenvalue weighted by Gasteiger charge is -2.10. The Hall–Kier alpha value is -2.10. The summed E-state index contributed by atoms with van der Waals surface area (Å²) in [4.78, 5) is 12.1. The molecule has 0 fully saturated rings. The van der Waals surface area contributed by atoms with Gasteiger partial charge < -0.3 is 4.74 Å². The Morgan fingerprint density at radius 1 is 1.22 bits per heavy atom. The minimum Gasteiger partial charge on any atom is -0.493 e. The summed E-state index contributed by atoms with van der Waals surface area (Å²) in [5, 5.41) is 0. The largest absolute Gasteiger partial charge is 0.493 e. The van der Waals surface area contributed by atoms with E-state index in [2.05, 4.69) is 0 Å². The highest BCUT2D eigenvalue weighted by Gasteiger charge is 2.07. The van der Waals surface area contributed by atoms with Crippen molar-refractivity contribution in [3.63, 3.8) is 0 Å². The van der Waals surface area contributed by atoms with Crippen LogP contribution in [-0.4, -0.2) is 11.2 Å². The minimum absolute atomic E-state index is 0.160. The maximum atomic E-state index is 12.8. The number of ether oxygens (including phenoxy) is 1. The average Bonchev–Trinajstić information content (AvgIpc) is 2.37. The predicted molar refractivity (Wildman–Crippen MR) is 67.9 cm³/mol. The second-order valence-electron chi connectivity index (χ2n) is 3.89. The molecule has 2 rings (SSSR count). The van der Waals surface area contributed by atoms with Gasteiger partial charge in [-0.1, -0.05) is 0 Å². The molecule has 0 aliphatic heterocycles. The maximum absolute atomic E-state index is 12.8. The van der Waals surface area contributed by atoms with Crippen LogP contribution in [-0.2, 0) is 0 Å². The van der Waals surface area contributed by atoms with Gasteiger partial charge in [-0.05, 0) is 44.2 Å². The zero-order valence-corrected chi connectivity index (χ0v) is 10.3. The van der Waals surface area contributed by atoms with E-state index in [4.69, 9.17) is 4.74 Å². The topological polar surface area (TPSA) is 31.2 Å². The van der Waals surface area contributed by atoms with E-state index in [0.29, 0.717) is 23.6 Å². The van der Waals surface area contributed by atoms with Gasteiger partial charge in [0.15, 0.2) is 0 Å². The Morgan fingerprint density at radius 2 is 1.89 bits per heavy atom. The predicted octanol–water partition coefficient (Wildman–Crippen LogP) is 2.68. The zero-order chi connectivity index (χ0) is 13.1. The van der Waals surface area contributed by atoms with Gasteiger partial charge in [0.2, 0.25) is 0 Å². The van der Waals surface area contributed by atoms with Gasteiger partial charge in [-0.3, -0.25) is 9.36 Å². The molecule has 0 unspecified atom stereocenters. The molecule has 0 aliphatic carbocycles. The zero-order valence-electron chi connectivity index (χ0n) is 10.3. The van der Waals surface area contributed by atoms with Crippen LogP contribution in [0.5, 0.6) is 5.75 Å². The first-order valence-corrected chi connectivity index (χ1v) is 5.74. The average molecular weight is 247 g/mol. The van der Waals surface area contributed by atoms with Crippen LogP contribution in [0.3, 0.4) is 0 Å². The van der Waals surface area contributed by atoms with Gasteiger partial charge in [0.05, 0.1) is 12.2 Å². The summed E-state index contributed by atoms with van der Waals surface area (Å²) in [6.07, 6.45) is 1.63. The van der Waals surface area contributed by atoms with Crippen molar-refractivity contribution in [1.29, 1.82) is 0 Å². The molecule has 94 valence electrons. The maximum Gasteiger partial charge on any atom is 0.261 e. The van der Waals surface area contributed by atoms with Crippen molar-refractivity contribution >= 4 is 0 Å². The third kappa shape index (κ3) is 2.27. The molecule has 0 saturated heterocycles. The molecule has 2 aromatic rings. The van der Waals surface area contributed by atoms with Crippen LogP contribution in [0, 0.1) is 12.7 Å². The third-order valence-electron chi connectivity index (χ3n) is 2.69. The number of benzene rings is 1. The number of aromatic nitrogens is 1. The first-order chi connectivity index (χ1) is 8.63. The summed E-state index contributed by atoms with van der Waals surface area (Å²) >= 11 is 0. The monoisotopic (exact) mass is 247 g/mol. The number of rotatable bonds is 3. The van der Waals surface area contributed by atoms with E-state index in [0.717, 1.165) is 0 Å². The fraction of sp³-hybridized carbons (Fsp3) is 0.214. The second-order valence-corrected chi connectivity index (χ2v) is 3.89. The fourth-order valence-electron chi connectivity index (χ4n) is 1.74. The van der Waals surface area contributed by atoms with Crippen molar-refractivity contribution in [2.24, 2.45) is 0 Å². The summed E-state index contributed by atoms with van der Waals surface area (Å²) < 4.78 is 19.7. The first-order valence-electron chi connectivity index (χ1n) is 5.74. The summed E-state index contributed by atoms with van der Waals surface area (Å²) in [5.41, 5.74) is 1.02. The minimum atomic E-state index is -0.325. The highest BCUT2D eigenvalue weighted by Crippen LogP contribution is 2.15. The summed E-state index contributed by atoms with van der Waals surface area (Å²) in [6.45, 7) is 4.10. The molecule has 1 aromatic heterocycles. The molecule has 4 heteroatoms. The molecule has 18 heavy (non-hydrogen) atoms. The normalized spacial score (nSPS) is 10.4. The van der Waals surface area contributed by atoms with Crippen molar-refractivity contribution in [1.82, 2.24) is 4.57 Å². The fourth-order valence-corrected chi connectivity index (χ4v) is 1.74. The van der Waals surface area contributed by atoms with Crippen molar-refractivity contribution < 1.29 is 9.13 Å². The Kier molecular flexibility index (Phi) is 3.46. The number of halogens is 1. The van der Waals surface area contributed by atoms with Crippen LogP contribution in [0.4, 0.5) is 4.39 Å². The Bertz CT molecular complexity index is 602. The molecule has 3 nitrogen and oxygen atoms in total. The molecule has 0 amide bonds. The van der Waals surface area contributed by atoms with E-state index in [-0.39, 0.29) is 11.4 Å². The van der Waals surface area contributed by atoms with Crippen molar-refractivity contribution in [3.05, 3.63) is 58.3 Å². The molecule has 0 aliphatic rings. The van der Waals surface area contributed by atoms with E-state index in [1.54, 1.807) is 31.3 Å². The number of hydrogen-bond donors (Lipinski definition) is 0. The van der Waals surface area contributed by atoms with Gasteiger partial charge in [-0.25, -0.2) is 4.39 Å². The van der Waals surface area contributed by atoms with E-state index >= 15 is 0 Å². The molecule has 1 heterocycles. The van der Waals surface area contributed by atoms with Crippen LogP contribution in [0.25, 0.3) is 5.69 Å². The number of nitrogens with zero attached hydrogens (tertiary/aromatic N) is 1. The van der Waals surface area contributed by atoms with Gasteiger partial charge in [-0.15, -0.1) is 0 Å². The van der Waals surface area contributed by atoms with Crippen LogP contribution in [0.2, 0.25) is 0 Å². The lowest BCUT2D eigenvalue weighted by atomic mass is 10.2. The van der Waals surface area contributed by atoms with Gasteiger partial charge in [0, 0.05) is 11.9 Å². The van der Waals surface area contributed by atoms with Gasteiger partial charge in [-0.2, -0.15) is 0 Å². The lowest BCUT2D eigenvalue weighted by Crippen LogP contribution is -2.20. The molecule has 0 radical (unpaired) electrons. The molecular formula is C14H14FNO2. The summed E-state index contributed by atoms with van der Waals surface area (Å²) in [6, 6.07) is 7.53. The first kappa shape index (κ1) is 12.4. The van der Waals surface area contributed by atoms with E-state index in [1.165, 1.54) is 16.7 Å². The highest BCUT2D eigenvalue weighted by molar-refractivity contribution is 5.37. The van der Waals surface area contributed by atoms with Gasteiger partial charge in [0.25, 0.3) is 5.56 Å².